The lowest BCUT2D eigenvalue weighted by Gasteiger charge is -2.41. The average molecular weight is 374 g/mol. The first kappa shape index (κ1) is 18.1. The topological polar surface area (TPSA) is 105 Å². The fourth-order valence-corrected chi connectivity index (χ4v) is 4.13. The lowest BCUT2D eigenvalue weighted by Crippen LogP contribution is -2.54. The van der Waals surface area contributed by atoms with E-state index in [4.69, 9.17) is 5.73 Å². The molecule has 1 aromatic rings. The molecule has 1 saturated carbocycles. The number of nitrogens with one attached hydrogen (secondary N) is 2. The van der Waals surface area contributed by atoms with Gasteiger partial charge in [-0.1, -0.05) is 12.1 Å². The molecule has 1 aliphatic carbocycles. The smallest absolute Gasteiger partial charge is 0.255 e. The summed E-state index contributed by atoms with van der Waals surface area (Å²) in [5, 5.41) is 5.62. The summed E-state index contributed by atoms with van der Waals surface area (Å²) in [6, 6.07) is 5.13. The van der Waals surface area contributed by atoms with E-state index in [1.54, 1.807) is 6.07 Å². The van der Waals surface area contributed by atoms with Crippen LogP contribution in [0.25, 0.3) is 0 Å². The normalized spacial score (nSPS) is 30.1. The number of nitrogens with two attached hydrogens (primary N) is 1. The molecule has 4 N–H and O–H groups in total. The van der Waals surface area contributed by atoms with Gasteiger partial charge in [0.1, 0.15) is 11.7 Å². The van der Waals surface area contributed by atoms with Gasteiger partial charge < -0.3 is 16.0 Å². The Hall–Kier alpha value is -2.32. The number of nitrogens with zero attached hydrogens (tertiary/aromatic N) is 1. The lowest BCUT2D eigenvalue weighted by molar-refractivity contribution is -0.136. The number of carbonyl (C=O) groups excluding carboxylic acids is 3. The molecule has 27 heavy (non-hydrogen) atoms. The molecule has 8 heteroatoms. The van der Waals surface area contributed by atoms with E-state index in [-0.39, 0.29) is 30.8 Å². The van der Waals surface area contributed by atoms with E-state index in [0.717, 1.165) is 11.1 Å². The summed E-state index contributed by atoms with van der Waals surface area (Å²) in [5.74, 6) is -0.881. The van der Waals surface area contributed by atoms with Gasteiger partial charge in [0.15, 0.2) is 0 Å². The van der Waals surface area contributed by atoms with Crippen molar-refractivity contribution in [1.82, 2.24) is 15.5 Å². The minimum Gasteiger partial charge on any atom is -0.328 e. The second-order valence-corrected chi connectivity index (χ2v) is 7.73. The molecule has 2 aliphatic heterocycles. The number of hydrogen-bond acceptors (Lipinski definition) is 5. The largest absolute Gasteiger partial charge is 0.328 e. The number of benzene rings is 1. The fourth-order valence-electron chi connectivity index (χ4n) is 4.13. The van der Waals surface area contributed by atoms with Crippen LogP contribution < -0.4 is 16.4 Å². The zero-order valence-electron chi connectivity index (χ0n) is 15.0. The van der Waals surface area contributed by atoms with Gasteiger partial charge >= 0.3 is 0 Å². The molecule has 0 radical (unpaired) electrons. The highest BCUT2D eigenvalue weighted by Gasteiger charge is 2.43. The quantitative estimate of drug-likeness (QED) is 0.646. The molecule has 144 valence electrons. The Morgan fingerprint density at radius 2 is 2.07 bits per heavy atom. The van der Waals surface area contributed by atoms with Crippen LogP contribution in [0.1, 0.15) is 47.2 Å². The van der Waals surface area contributed by atoms with E-state index in [1.165, 1.54) is 4.90 Å². The van der Waals surface area contributed by atoms with E-state index < -0.39 is 17.6 Å². The van der Waals surface area contributed by atoms with Gasteiger partial charge in [-0.25, -0.2) is 4.39 Å². The maximum atomic E-state index is 13.8. The third kappa shape index (κ3) is 3.35. The second kappa shape index (κ2) is 6.69. The van der Waals surface area contributed by atoms with Crippen LogP contribution in [0.3, 0.4) is 0 Å². The molecule has 0 aromatic heterocycles. The number of rotatable bonds is 5. The number of carbonyl (C=O) groups is 3. The molecule has 7 nitrogen and oxygen atoms in total. The van der Waals surface area contributed by atoms with Crippen LogP contribution in [0.2, 0.25) is 0 Å². The highest BCUT2D eigenvalue weighted by molar-refractivity contribution is 6.05. The van der Waals surface area contributed by atoms with Gasteiger partial charge in [-0.15, -0.1) is 0 Å². The van der Waals surface area contributed by atoms with Gasteiger partial charge in [0.05, 0.1) is 0 Å². The van der Waals surface area contributed by atoms with Crippen molar-refractivity contribution in [2.45, 2.75) is 56.5 Å². The number of alkyl halides is 1. The highest BCUT2D eigenvalue weighted by atomic mass is 19.1. The fraction of sp³-hybridized carbons (Fsp3) is 0.526. The number of piperidine rings is 1. The van der Waals surface area contributed by atoms with E-state index in [0.29, 0.717) is 37.9 Å². The zero-order chi connectivity index (χ0) is 19.2. The summed E-state index contributed by atoms with van der Waals surface area (Å²) in [7, 11) is 0. The van der Waals surface area contributed by atoms with Gasteiger partial charge in [0.25, 0.3) is 5.91 Å². The second-order valence-electron chi connectivity index (χ2n) is 7.73. The molecule has 0 bridgehead atoms. The van der Waals surface area contributed by atoms with Crippen LogP contribution in [0.5, 0.6) is 0 Å². The Kier molecular flexibility index (Phi) is 4.47. The van der Waals surface area contributed by atoms with Crippen molar-refractivity contribution in [3.8, 4) is 0 Å². The van der Waals surface area contributed by atoms with Crippen molar-refractivity contribution in [3.05, 3.63) is 34.9 Å². The Morgan fingerprint density at radius 3 is 2.78 bits per heavy atom. The van der Waals surface area contributed by atoms with Crippen LogP contribution in [-0.2, 0) is 22.7 Å². The Balaban J connectivity index is 1.39. The first-order chi connectivity index (χ1) is 12.9. The molecule has 4 rings (SSSR count). The molecule has 3 amide bonds. The maximum Gasteiger partial charge on any atom is 0.255 e. The predicted octanol–water partition coefficient (Wildman–Crippen LogP) is 0.367. The average Bonchev–Trinajstić information content (AvgIpc) is 2.94. The minimum atomic E-state index is -1.23. The Bertz CT molecular complexity index is 806. The molecule has 1 unspecified atom stereocenters. The summed E-state index contributed by atoms with van der Waals surface area (Å²) in [6.45, 7) is 1.01. The Morgan fingerprint density at radius 1 is 1.30 bits per heavy atom. The predicted molar refractivity (Wildman–Crippen MR) is 95.2 cm³/mol. The molecule has 1 atom stereocenters. The molecule has 1 saturated heterocycles. The van der Waals surface area contributed by atoms with Crippen LogP contribution in [0.4, 0.5) is 4.39 Å². The van der Waals surface area contributed by atoms with Gasteiger partial charge in [-0.05, 0) is 36.5 Å². The maximum absolute atomic E-state index is 13.8. The number of hydrogen-bond donors (Lipinski definition) is 3. The SMILES string of the molecule is NCC1(F)CC(NCc2ccc3c(c2)CN(C2CCC(=O)NC2=O)C3=O)C1. The number of halogens is 1. The van der Waals surface area contributed by atoms with Gasteiger partial charge in [-0.2, -0.15) is 0 Å². The molecule has 2 heterocycles. The number of imide groups is 1. The molecular weight excluding hydrogens is 351 g/mol. The minimum absolute atomic E-state index is 0.0578. The van der Waals surface area contributed by atoms with Crippen molar-refractivity contribution in [2.24, 2.45) is 5.73 Å². The molecule has 0 spiro atoms. The van der Waals surface area contributed by atoms with Crippen molar-refractivity contribution in [3.63, 3.8) is 0 Å². The molecule has 2 fully saturated rings. The number of amides is 3. The van der Waals surface area contributed by atoms with Crippen molar-refractivity contribution in [1.29, 1.82) is 0 Å². The molecular formula is C19H23FN4O3. The van der Waals surface area contributed by atoms with E-state index in [1.807, 2.05) is 12.1 Å². The third-order valence-corrected chi connectivity index (χ3v) is 5.77. The standard InChI is InChI=1S/C19H23FN4O3/c20-19(10-21)6-13(7-19)22-8-11-1-2-14-12(5-11)9-24(18(14)27)15-3-4-16(25)23-17(15)26/h1-2,5,13,15,22H,3-4,6-10,21H2,(H,23,25,26). The number of fused-ring (bicyclic) bond motifs is 1. The molecule has 1 aromatic carbocycles. The summed E-state index contributed by atoms with van der Waals surface area (Å²) >= 11 is 0. The Labute approximate surface area is 156 Å². The zero-order valence-corrected chi connectivity index (χ0v) is 15.0. The van der Waals surface area contributed by atoms with Crippen LogP contribution >= 0.6 is 0 Å². The van der Waals surface area contributed by atoms with E-state index in [9.17, 15) is 18.8 Å². The summed E-state index contributed by atoms with van der Waals surface area (Å²) in [6.07, 6.45) is 1.45. The van der Waals surface area contributed by atoms with Crippen LogP contribution in [-0.4, -0.2) is 46.9 Å². The first-order valence-electron chi connectivity index (χ1n) is 9.27. The van der Waals surface area contributed by atoms with Crippen molar-refractivity contribution < 1.29 is 18.8 Å². The van der Waals surface area contributed by atoms with Crippen LogP contribution in [0.15, 0.2) is 18.2 Å². The molecule has 3 aliphatic rings. The van der Waals surface area contributed by atoms with Gasteiger partial charge in [-0.3, -0.25) is 19.7 Å². The lowest BCUT2D eigenvalue weighted by atomic mass is 9.77. The van der Waals surface area contributed by atoms with E-state index >= 15 is 0 Å². The van der Waals surface area contributed by atoms with Gasteiger partial charge in [0, 0.05) is 37.7 Å². The third-order valence-electron chi connectivity index (χ3n) is 5.77. The highest BCUT2D eigenvalue weighted by Crippen LogP contribution is 2.35. The van der Waals surface area contributed by atoms with Crippen molar-refractivity contribution >= 4 is 17.7 Å². The summed E-state index contributed by atoms with van der Waals surface area (Å²) < 4.78 is 13.8. The van der Waals surface area contributed by atoms with Crippen LogP contribution in [0, 0.1) is 0 Å². The van der Waals surface area contributed by atoms with E-state index in [2.05, 4.69) is 10.6 Å². The summed E-state index contributed by atoms with van der Waals surface area (Å²) in [4.78, 5) is 37.6. The monoisotopic (exact) mass is 374 g/mol. The van der Waals surface area contributed by atoms with Gasteiger partial charge in [0.2, 0.25) is 11.8 Å². The van der Waals surface area contributed by atoms with Crippen molar-refractivity contribution in [2.75, 3.05) is 6.54 Å². The summed E-state index contributed by atoms with van der Waals surface area (Å²) in [5.41, 5.74) is 6.67. The first-order valence-corrected chi connectivity index (χ1v) is 9.27.